The monoisotopic (exact) mass is 195 g/mol. The SMILES string of the molecule is O=C(O)c1ccc([C@@H]2CCCCN2)o1. The standard InChI is InChI=1S/C10H13NO3/c12-10(13)9-5-4-8(14-9)7-3-1-2-6-11-7/h4-5,7,11H,1-3,6H2,(H,12,13)/t7-/m0/s1. The maximum absolute atomic E-state index is 10.6. The second-order valence-electron chi connectivity index (χ2n) is 3.51. The van der Waals surface area contributed by atoms with Gasteiger partial charge in [-0.25, -0.2) is 4.79 Å². The number of furan rings is 1. The van der Waals surface area contributed by atoms with Crippen molar-refractivity contribution in [3.05, 3.63) is 23.7 Å². The Balaban J connectivity index is 2.11. The summed E-state index contributed by atoms with van der Waals surface area (Å²) in [4.78, 5) is 10.6. The predicted molar refractivity (Wildman–Crippen MR) is 50.3 cm³/mol. The summed E-state index contributed by atoms with van der Waals surface area (Å²) in [5.41, 5.74) is 0. The lowest BCUT2D eigenvalue weighted by atomic mass is 10.0. The Bertz CT molecular complexity index is 326. The Morgan fingerprint density at radius 3 is 2.93 bits per heavy atom. The lowest BCUT2D eigenvalue weighted by molar-refractivity contribution is 0.0659. The lowest BCUT2D eigenvalue weighted by Crippen LogP contribution is -2.26. The van der Waals surface area contributed by atoms with E-state index in [1.54, 1.807) is 6.07 Å². The number of carbonyl (C=O) groups is 1. The molecule has 1 aromatic heterocycles. The van der Waals surface area contributed by atoms with Crippen molar-refractivity contribution < 1.29 is 14.3 Å². The van der Waals surface area contributed by atoms with Crippen molar-refractivity contribution in [3.8, 4) is 0 Å². The average molecular weight is 195 g/mol. The molecule has 0 radical (unpaired) electrons. The summed E-state index contributed by atoms with van der Waals surface area (Å²) < 4.78 is 5.22. The van der Waals surface area contributed by atoms with Gasteiger partial charge in [-0.2, -0.15) is 0 Å². The van der Waals surface area contributed by atoms with Crippen molar-refractivity contribution in [2.45, 2.75) is 25.3 Å². The molecule has 2 N–H and O–H groups in total. The Hall–Kier alpha value is -1.29. The molecule has 1 atom stereocenters. The molecule has 1 aliphatic heterocycles. The number of piperidine rings is 1. The molecule has 0 aromatic carbocycles. The first-order valence-corrected chi connectivity index (χ1v) is 4.84. The first kappa shape index (κ1) is 9.27. The van der Waals surface area contributed by atoms with Crippen LogP contribution in [0.1, 0.15) is 41.6 Å². The van der Waals surface area contributed by atoms with Gasteiger partial charge in [0.15, 0.2) is 0 Å². The van der Waals surface area contributed by atoms with E-state index in [1.165, 1.54) is 18.9 Å². The van der Waals surface area contributed by atoms with Gasteiger partial charge in [-0.1, -0.05) is 6.42 Å². The third-order valence-corrected chi connectivity index (χ3v) is 2.49. The molecular formula is C10H13NO3. The minimum absolute atomic E-state index is 0.0207. The van der Waals surface area contributed by atoms with E-state index in [0.717, 1.165) is 18.7 Å². The maximum Gasteiger partial charge on any atom is 0.371 e. The van der Waals surface area contributed by atoms with Crippen LogP contribution >= 0.6 is 0 Å². The van der Waals surface area contributed by atoms with E-state index in [-0.39, 0.29) is 11.8 Å². The molecule has 0 unspecified atom stereocenters. The van der Waals surface area contributed by atoms with E-state index in [1.807, 2.05) is 0 Å². The van der Waals surface area contributed by atoms with Crippen LogP contribution in [0.3, 0.4) is 0 Å². The second-order valence-corrected chi connectivity index (χ2v) is 3.51. The van der Waals surface area contributed by atoms with E-state index < -0.39 is 5.97 Å². The van der Waals surface area contributed by atoms with Crippen LogP contribution in [0.25, 0.3) is 0 Å². The molecule has 2 rings (SSSR count). The highest BCUT2D eigenvalue weighted by molar-refractivity contribution is 5.84. The summed E-state index contributed by atoms with van der Waals surface area (Å²) in [5.74, 6) is -0.249. The highest BCUT2D eigenvalue weighted by atomic mass is 16.4. The largest absolute Gasteiger partial charge is 0.475 e. The molecule has 0 amide bonds. The van der Waals surface area contributed by atoms with Gasteiger partial charge in [0.2, 0.25) is 5.76 Å². The summed E-state index contributed by atoms with van der Waals surface area (Å²) in [5, 5.41) is 12.0. The molecular weight excluding hydrogens is 182 g/mol. The smallest absolute Gasteiger partial charge is 0.371 e. The zero-order valence-corrected chi connectivity index (χ0v) is 7.82. The molecule has 2 heterocycles. The van der Waals surface area contributed by atoms with Crippen LogP contribution in [0.15, 0.2) is 16.5 Å². The third-order valence-electron chi connectivity index (χ3n) is 2.49. The quantitative estimate of drug-likeness (QED) is 0.755. The molecule has 0 aliphatic carbocycles. The van der Waals surface area contributed by atoms with Crippen LogP contribution in [-0.4, -0.2) is 17.6 Å². The first-order chi connectivity index (χ1) is 6.77. The summed E-state index contributed by atoms with van der Waals surface area (Å²) in [6, 6.07) is 3.44. The van der Waals surface area contributed by atoms with E-state index >= 15 is 0 Å². The number of aromatic carboxylic acids is 1. The Kier molecular flexibility index (Phi) is 2.54. The molecule has 4 heteroatoms. The molecule has 1 saturated heterocycles. The van der Waals surface area contributed by atoms with Crippen LogP contribution in [0.4, 0.5) is 0 Å². The summed E-state index contributed by atoms with van der Waals surface area (Å²) >= 11 is 0. The highest BCUT2D eigenvalue weighted by Gasteiger charge is 2.19. The Morgan fingerprint density at radius 2 is 2.36 bits per heavy atom. The van der Waals surface area contributed by atoms with Crippen molar-refractivity contribution in [1.82, 2.24) is 5.32 Å². The second kappa shape index (κ2) is 3.84. The first-order valence-electron chi connectivity index (χ1n) is 4.84. The fourth-order valence-corrected chi connectivity index (χ4v) is 1.75. The van der Waals surface area contributed by atoms with Crippen LogP contribution in [0, 0.1) is 0 Å². The van der Waals surface area contributed by atoms with Gasteiger partial charge in [-0.15, -0.1) is 0 Å². The maximum atomic E-state index is 10.6. The third kappa shape index (κ3) is 1.80. The van der Waals surface area contributed by atoms with Crippen molar-refractivity contribution in [1.29, 1.82) is 0 Å². The molecule has 4 nitrogen and oxygen atoms in total. The van der Waals surface area contributed by atoms with Gasteiger partial charge in [0.1, 0.15) is 5.76 Å². The number of hydrogen-bond acceptors (Lipinski definition) is 3. The van der Waals surface area contributed by atoms with E-state index in [2.05, 4.69) is 5.32 Å². The van der Waals surface area contributed by atoms with Gasteiger partial charge < -0.3 is 14.8 Å². The van der Waals surface area contributed by atoms with Gasteiger partial charge in [0, 0.05) is 0 Å². The number of hydrogen-bond donors (Lipinski definition) is 2. The summed E-state index contributed by atoms with van der Waals surface area (Å²) in [6.45, 7) is 0.980. The Morgan fingerprint density at radius 1 is 1.50 bits per heavy atom. The zero-order valence-electron chi connectivity index (χ0n) is 7.82. The summed E-state index contributed by atoms with van der Waals surface area (Å²) in [6.07, 6.45) is 3.37. The van der Waals surface area contributed by atoms with E-state index in [0.29, 0.717) is 0 Å². The fourth-order valence-electron chi connectivity index (χ4n) is 1.75. The van der Waals surface area contributed by atoms with Gasteiger partial charge >= 0.3 is 5.97 Å². The van der Waals surface area contributed by atoms with Gasteiger partial charge in [-0.05, 0) is 31.5 Å². The lowest BCUT2D eigenvalue weighted by Gasteiger charge is -2.21. The highest BCUT2D eigenvalue weighted by Crippen LogP contribution is 2.24. The van der Waals surface area contributed by atoms with Crippen LogP contribution < -0.4 is 5.32 Å². The normalized spacial score (nSPS) is 22.1. The number of nitrogens with one attached hydrogen (secondary N) is 1. The molecule has 14 heavy (non-hydrogen) atoms. The molecule has 0 spiro atoms. The molecule has 0 bridgehead atoms. The van der Waals surface area contributed by atoms with Gasteiger partial charge in [-0.3, -0.25) is 0 Å². The van der Waals surface area contributed by atoms with E-state index in [4.69, 9.17) is 9.52 Å². The van der Waals surface area contributed by atoms with Gasteiger partial charge in [0.25, 0.3) is 0 Å². The summed E-state index contributed by atoms with van der Waals surface area (Å²) in [7, 11) is 0. The Labute approximate surface area is 81.9 Å². The van der Waals surface area contributed by atoms with Crippen molar-refractivity contribution in [3.63, 3.8) is 0 Å². The molecule has 1 aliphatic rings. The molecule has 76 valence electrons. The molecule has 1 aromatic rings. The molecule has 1 fully saturated rings. The number of carboxylic acid groups (broad SMARTS) is 1. The topological polar surface area (TPSA) is 62.5 Å². The fraction of sp³-hybridized carbons (Fsp3) is 0.500. The predicted octanol–water partition coefficient (Wildman–Crippen LogP) is 1.79. The van der Waals surface area contributed by atoms with Crippen molar-refractivity contribution in [2.24, 2.45) is 0 Å². The minimum atomic E-state index is -1.01. The average Bonchev–Trinajstić information content (AvgIpc) is 2.68. The zero-order chi connectivity index (χ0) is 9.97. The van der Waals surface area contributed by atoms with E-state index in [9.17, 15) is 4.79 Å². The van der Waals surface area contributed by atoms with Crippen molar-refractivity contribution >= 4 is 5.97 Å². The number of rotatable bonds is 2. The van der Waals surface area contributed by atoms with Crippen LogP contribution in [0.2, 0.25) is 0 Å². The minimum Gasteiger partial charge on any atom is -0.475 e. The van der Waals surface area contributed by atoms with Gasteiger partial charge in [0.05, 0.1) is 6.04 Å². The van der Waals surface area contributed by atoms with Crippen LogP contribution in [-0.2, 0) is 0 Å². The molecule has 0 saturated carbocycles. The van der Waals surface area contributed by atoms with Crippen molar-refractivity contribution in [2.75, 3.05) is 6.54 Å². The van der Waals surface area contributed by atoms with Crippen LogP contribution in [0.5, 0.6) is 0 Å². The number of carboxylic acids is 1.